The van der Waals surface area contributed by atoms with Crippen LogP contribution in [0.5, 0.6) is 0 Å². The minimum absolute atomic E-state index is 0.299. The topological polar surface area (TPSA) is 38.5 Å². The molecule has 0 aromatic heterocycles. The van der Waals surface area contributed by atoms with E-state index in [4.69, 9.17) is 10.7 Å². The minimum atomic E-state index is 0.299. The molecule has 3 nitrogen and oxygen atoms in total. The van der Waals surface area contributed by atoms with E-state index in [1.54, 1.807) is 0 Å². The summed E-state index contributed by atoms with van der Waals surface area (Å²) in [7, 11) is 0. The van der Waals surface area contributed by atoms with E-state index >= 15 is 0 Å². The van der Waals surface area contributed by atoms with Crippen LogP contribution in [0.1, 0.15) is 39.5 Å². The summed E-state index contributed by atoms with van der Waals surface area (Å²) in [5.41, 5.74) is 0. The van der Waals surface area contributed by atoms with Crippen molar-refractivity contribution >= 4 is 0 Å². The third kappa shape index (κ3) is 3.56. The van der Waals surface area contributed by atoms with Crippen molar-refractivity contribution in [3.05, 3.63) is 0 Å². The van der Waals surface area contributed by atoms with Crippen LogP contribution in [0, 0.1) is 5.92 Å². The number of hydrogen-bond acceptors (Lipinski definition) is 3. The van der Waals surface area contributed by atoms with Crippen LogP contribution in [0.2, 0.25) is 0 Å². The lowest BCUT2D eigenvalue weighted by molar-refractivity contribution is 0.00342. The minimum Gasteiger partial charge on any atom is -0.303 e. The number of rotatable bonds is 5. The van der Waals surface area contributed by atoms with Crippen LogP contribution in [0.15, 0.2) is 0 Å². The van der Waals surface area contributed by atoms with Gasteiger partial charge < -0.3 is 9.74 Å². The molecule has 0 aliphatic carbocycles. The molecule has 2 N–H and O–H groups in total. The zero-order valence-electron chi connectivity index (χ0n) is 9.54. The molecule has 1 saturated heterocycles. The monoisotopic (exact) mass is 200 g/mol. The fourth-order valence-corrected chi connectivity index (χ4v) is 2.14. The van der Waals surface area contributed by atoms with Gasteiger partial charge in [0.25, 0.3) is 0 Å². The van der Waals surface area contributed by atoms with Gasteiger partial charge in [-0.05, 0) is 18.8 Å². The zero-order chi connectivity index (χ0) is 10.4. The summed E-state index contributed by atoms with van der Waals surface area (Å²) < 4.78 is 0. The van der Waals surface area contributed by atoms with Crippen LogP contribution >= 0.6 is 0 Å². The summed E-state index contributed by atoms with van der Waals surface area (Å²) in [5, 5.41) is 0. The molecule has 3 heteroatoms. The van der Waals surface area contributed by atoms with Crippen LogP contribution in [0.25, 0.3) is 0 Å². The van der Waals surface area contributed by atoms with E-state index in [0.29, 0.717) is 6.10 Å². The smallest absolute Gasteiger partial charge is 0.0811 e. The molecule has 0 spiro atoms. The van der Waals surface area contributed by atoms with Gasteiger partial charge in [-0.1, -0.05) is 26.7 Å². The predicted molar refractivity (Wildman–Crippen MR) is 58.8 cm³/mol. The van der Waals surface area contributed by atoms with Crippen LogP contribution in [-0.4, -0.2) is 30.6 Å². The van der Waals surface area contributed by atoms with Crippen molar-refractivity contribution < 1.29 is 4.84 Å². The summed E-state index contributed by atoms with van der Waals surface area (Å²) in [4.78, 5) is 7.42. The second kappa shape index (κ2) is 6.38. The standard InChI is InChI=1S/C11H24N2O/c1-3-10(4-2)9-13-7-5-11(14-12)6-8-13/h10-11H,3-9,12H2,1-2H3. The van der Waals surface area contributed by atoms with E-state index < -0.39 is 0 Å². The van der Waals surface area contributed by atoms with Crippen molar-refractivity contribution in [3.8, 4) is 0 Å². The number of nitrogens with two attached hydrogens (primary N) is 1. The molecule has 1 aliphatic heterocycles. The molecule has 0 atom stereocenters. The average Bonchev–Trinajstić information content (AvgIpc) is 2.26. The Morgan fingerprint density at radius 1 is 1.29 bits per heavy atom. The van der Waals surface area contributed by atoms with Crippen LogP contribution < -0.4 is 5.90 Å². The quantitative estimate of drug-likeness (QED) is 0.687. The first-order valence-electron chi connectivity index (χ1n) is 5.88. The van der Waals surface area contributed by atoms with Gasteiger partial charge in [0.05, 0.1) is 6.10 Å². The van der Waals surface area contributed by atoms with Gasteiger partial charge in [-0.15, -0.1) is 0 Å². The Morgan fingerprint density at radius 2 is 1.86 bits per heavy atom. The Bertz CT molecular complexity index is 140. The van der Waals surface area contributed by atoms with Crippen molar-refractivity contribution in [2.75, 3.05) is 19.6 Å². The first kappa shape index (κ1) is 12.0. The van der Waals surface area contributed by atoms with Gasteiger partial charge in [0.15, 0.2) is 0 Å². The maximum absolute atomic E-state index is 5.18. The summed E-state index contributed by atoms with van der Waals surface area (Å²) in [6.07, 6.45) is 5.08. The van der Waals surface area contributed by atoms with E-state index in [1.165, 1.54) is 19.4 Å². The maximum atomic E-state index is 5.18. The molecule has 1 heterocycles. The van der Waals surface area contributed by atoms with Crippen LogP contribution in [0.3, 0.4) is 0 Å². The van der Waals surface area contributed by atoms with Gasteiger partial charge in [-0.2, -0.15) is 0 Å². The highest BCUT2D eigenvalue weighted by atomic mass is 16.6. The van der Waals surface area contributed by atoms with Gasteiger partial charge >= 0.3 is 0 Å². The Balaban J connectivity index is 2.21. The third-order valence-electron chi connectivity index (χ3n) is 3.40. The second-order valence-electron chi connectivity index (χ2n) is 4.32. The molecule has 1 rings (SSSR count). The number of piperidine rings is 1. The zero-order valence-corrected chi connectivity index (χ0v) is 9.54. The highest BCUT2D eigenvalue weighted by Crippen LogP contribution is 2.16. The number of likely N-dealkylation sites (tertiary alicyclic amines) is 1. The molecule has 0 bridgehead atoms. The Kier molecular flexibility index (Phi) is 5.45. The van der Waals surface area contributed by atoms with Crippen LogP contribution in [-0.2, 0) is 4.84 Å². The van der Waals surface area contributed by atoms with E-state index in [1.807, 2.05) is 0 Å². The number of nitrogens with zero attached hydrogens (tertiary/aromatic N) is 1. The largest absolute Gasteiger partial charge is 0.303 e. The lowest BCUT2D eigenvalue weighted by atomic mass is 10.0. The van der Waals surface area contributed by atoms with E-state index in [2.05, 4.69) is 18.7 Å². The second-order valence-corrected chi connectivity index (χ2v) is 4.32. The summed E-state index contributed by atoms with van der Waals surface area (Å²) in [6.45, 7) is 8.12. The van der Waals surface area contributed by atoms with Crippen molar-refractivity contribution in [3.63, 3.8) is 0 Å². The van der Waals surface area contributed by atoms with Gasteiger partial charge in [-0.25, -0.2) is 5.90 Å². The molecule has 1 aliphatic rings. The van der Waals surface area contributed by atoms with Crippen molar-refractivity contribution in [2.45, 2.75) is 45.6 Å². The summed E-state index contributed by atoms with van der Waals surface area (Å²) >= 11 is 0. The van der Waals surface area contributed by atoms with Gasteiger partial charge in [0, 0.05) is 19.6 Å². The molecule has 84 valence electrons. The summed E-state index contributed by atoms with van der Waals surface area (Å²) in [6, 6.07) is 0. The lowest BCUT2D eigenvalue weighted by Gasteiger charge is -2.32. The highest BCUT2D eigenvalue weighted by Gasteiger charge is 2.20. The Morgan fingerprint density at radius 3 is 2.29 bits per heavy atom. The molecule has 0 aromatic rings. The predicted octanol–water partition coefficient (Wildman–Crippen LogP) is 1.78. The fraction of sp³-hybridized carbons (Fsp3) is 1.00. The summed E-state index contributed by atoms with van der Waals surface area (Å²) in [5.74, 6) is 6.05. The number of hydrogen-bond donors (Lipinski definition) is 1. The van der Waals surface area contributed by atoms with Crippen molar-refractivity contribution in [1.82, 2.24) is 4.90 Å². The molecule has 1 fully saturated rings. The molecule has 14 heavy (non-hydrogen) atoms. The van der Waals surface area contributed by atoms with Crippen molar-refractivity contribution in [1.29, 1.82) is 0 Å². The molecular weight excluding hydrogens is 176 g/mol. The lowest BCUT2D eigenvalue weighted by Crippen LogP contribution is -2.40. The highest BCUT2D eigenvalue weighted by molar-refractivity contribution is 4.73. The average molecular weight is 200 g/mol. The molecule has 0 saturated carbocycles. The molecule has 0 aromatic carbocycles. The fourth-order valence-electron chi connectivity index (χ4n) is 2.14. The van der Waals surface area contributed by atoms with E-state index in [9.17, 15) is 0 Å². The van der Waals surface area contributed by atoms with E-state index in [0.717, 1.165) is 31.8 Å². The van der Waals surface area contributed by atoms with Gasteiger partial charge in [0.2, 0.25) is 0 Å². The molecule has 0 amide bonds. The molecule has 0 unspecified atom stereocenters. The molecule has 0 radical (unpaired) electrons. The van der Waals surface area contributed by atoms with Gasteiger partial charge in [-0.3, -0.25) is 0 Å². The van der Waals surface area contributed by atoms with E-state index in [-0.39, 0.29) is 0 Å². The Labute approximate surface area is 87.6 Å². The molecular formula is C11H24N2O. The van der Waals surface area contributed by atoms with Crippen molar-refractivity contribution in [2.24, 2.45) is 11.8 Å². The third-order valence-corrected chi connectivity index (χ3v) is 3.40. The van der Waals surface area contributed by atoms with Crippen LogP contribution in [0.4, 0.5) is 0 Å². The first-order valence-corrected chi connectivity index (χ1v) is 5.88. The maximum Gasteiger partial charge on any atom is 0.0811 e. The normalized spacial score (nSPS) is 20.6. The first-order chi connectivity index (χ1) is 6.80. The Hall–Kier alpha value is -0.120. The SMILES string of the molecule is CCC(CC)CN1CCC(ON)CC1. The van der Waals surface area contributed by atoms with Gasteiger partial charge in [0.1, 0.15) is 0 Å².